The molecule has 1 amide bonds. The standard InChI is InChI=1S/C15H16N2O.C3H8.H2/c1-2-10-16-15(18)13-8-9-14(17-11-13)12-6-4-3-5-7-12;1-3-2;/h3-9,11H,2,10H2,1H3,(H,16,18);3H2,1-2H3;1H. The zero-order chi connectivity index (χ0) is 15.5. The maximum Gasteiger partial charge on any atom is 0.252 e. The minimum absolute atomic E-state index is 0. The Morgan fingerprint density at radius 1 is 1.10 bits per heavy atom. The van der Waals surface area contributed by atoms with Crippen LogP contribution in [-0.2, 0) is 0 Å². The van der Waals surface area contributed by atoms with Crippen molar-refractivity contribution in [2.45, 2.75) is 33.6 Å². The van der Waals surface area contributed by atoms with E-state index in [9.17, 15) is 4.79 Å². The number of benzene rings is 1. The number of pyridine rings is 1. The van der Waals surface area contributed by atoms with Crippen molar-refractivity contribution in [2.75, 3.05) is 6.54 Å². The normalized spacial score (nSPS) is 9.48. The third-order valence-corrected chi connectivity index (χ3v) is 2.63. The van der Waals surface area contributed by atoms with E-state index in [2.05, 4.69) is 24.1 Å². The van der Waals surface area contributed by atoms with Crippen LogP contribution in [0.1, 0.15) is 45.4 Å². The van der Waals surface area contributed by atoms with Gasteiger partial charge in [-0.25, -0.2) is 0 Å². The van der Waals surface area contributed by atoms with Crippen molar-refractivity contribution in [1.82, 2.24) is 10.3 Å². The number of hydrogen-bond acceptors (Lipinski definition) is 2. The second-order valence-electron chi connectivity index (χ2n) is 4.76. The van der Waals surface area contributed by atoms with Crippen LogP contribution in [0.5, 0.6) is 0 Å². The molecule has 114 valence electrons. The van der Waals surface area contributed by atoms with Gasteiger partial charge < -0.3 is 5.32 Å². The van der Waals surface area contributed by atoms with E-state index in [0.29, 0.717) is 12.1 Å². The zero-order valence-electron chi connectivity index (χ0n) is 13.1. The van der Waals surface area contributed by atoms with Gasteiger partial charge in [-0.1, -0.05) is 57.5 Å². The lowest BCUT2D eigenvalue weighted by Crippen LogP contribution is -2.23. The molecule has 0 spiro atoms. The van der Waals surface area contributed by atoms with E-state index in [-0.39, 0.29) is 7.33 Å². The minimum atomic E-state index is -0.0658. The quantitative estimate of drug-likeness (QED) is 0.895. The number of nitrogens with zero attached hydrogens (tertiary/aromatic N) is 1. The SMILES string of the molecule is CCC.CCCNC(=O)c1ccc(-c2ccccc2)nc1.[HH]. The second-order valence-corrected chi connectivity index (χ2v) is 4.76. The first-order valence-corrected chi connectivity index (χ1v) is 7.52. The van der Waals surface area contributed by atoms with E-state index in [0.717, 1.165) is 17.7 Å². The molecule has 1 aromatic carbocycles. The van der Waals surface area contributed by atoms with Gasteiger partial charge >= 0.3 is 0 Å². The minimum Gasteiger partial charge on any atom is -0.352 e. The van der Waals surface area contributed by atoms with Crippen molar-refractivity contribution in [3.05, 3.63) is 54.2 Å². The molecule has 3 heteroatoms. The highest BCUT2D eigenvalue weighted by molar-refractivity contribution is 5.94. The molecule has 21 heavy (non-hydrogen) atoms. The third-order valence-electron chi connectivity index (χ3n) is 2.63. The molecule has 0 fully saturated rings. The fourth-order valence-corrected chi connectivity index (χ4v) is 1.65. The summed E-state index contributed by atoms with van der Waals surface area (Å²) in [6.07, 6.45) is 3.80. The first-order valence-electron chi connectivity index (χ1n) is 7.52. The summed E-state index contributed by atoms with van der Waals surface area (Å²) >= 11 is 0. The average Bonchev–Trinajstić information content (AvgIpc) is 2.54. The number of amides is 1. The van der Waals surface area contributed by atoms with Crippen LogP contribution >= 0.6 is 0 Å². The summed E-state index contributed by atoms with van der Waals surface area (Å²) in [6, 6.07) is 13.6. The van der Waals surface area contributed by atoms with Crippen LogP contribution in [0.15, 0.2) is 48.7 Å². The number of rotatable bonds is 4. The highest BCUT2D eigenvalue weighted by Crippen LogP contribution is 2.16. The predicted molar refractivity (Wildman–Crippen MR) is 90.4 cm³/mol. The van der Waals surface area contributed by atoms with Crippen LogP contribution in [0.2, 0.25) is 0 Å². The van der Waals surface area contributed by atoms with Gasteiger partial charge in [0.2, 0.25) is 0 Å². The van der Waals surface area contributed by atoms with Crippen LogP contribution < -0.4 is 5.32 Å². The molecule has 3 nitrogen and oxygen atoms in total. The van der Waals surface area contributed by atoms with Crippen molar-refractivity contribution >= 4 is 5.91 Å². The lowest BCUT2D eigenvalue weighted by Gasteiger charge is -2.04. The summed E-state index contributed by atoms with van der Waals surface area (Å²) in [5, 5.41) is 2.83. The monoisotopic (exact) mass is 286 g/mol. The Morgan fingerprint density at radius 3 is 2.29 bits per heavy atom. The molecular formula is C18H26N2O. The molecule has 1 aromatic heterocycles. The smallest absolute Gasteiger partial charge is 0.252 e. The van der Waals surface area contributed by atoms with Gasteiger partial charge in [-0.2, -0.15) is 0 Å². The van der Waals surface area contributed by atoms with Gasteiger partial charge in [0.05, 0.1) is 11.3 Å². The molecule has 0 atom stereocenters. The molecule has 1 N–H and O–H groups in total. The van der Waals surface area contributed by atoms with Crippen LogP contribution in [0.25, 0.3) is 11.3 Å². The molecule has 1 heterocycles. The molecule has 0 saturated heterocycles. The van der Waals surface area contributed by atoms with Gasteiger partial charge in [0, 0.05) is 19.7 Å². The van der Waals surface area contributed by atoms with Gasteiger partial charge in [-0.15, -0.1) is 0 Å². The van der Waals surface area contributed by atoms with Gasteiger partial charge in [0.1, 0.15) is 0 Å². The summed E-state index contributed by atoms with van der Waals surface area (Å²) in [5.41, 5.74) is 2.53. The van der Waals surface area contributed by atoms with Gasteiger partial charge in [0.15, 0.2) is 0 Å². The van der Waals surface area contributed by atoms with E-state index < -0.39 is 0 Å². The lowest BCUT2D eigenvalue weighted by molar-refractivity contribution is 0.0953. The van der Waals surface area contributed by atoms with E-state index in [1.165, 1.54) is 6.42 Å². The van der Waals surface area contributed by atoms with Crippen molar-refractivity contribution < 1.29 is 6.22 Å². The van der Waals surface area contributed by atoms with Crippen LogP contribution in [0.4, 0.5) is 0 Å². The fraction of sp³-hybridized carbons (Fsp3) is 0.333. The highest BCUT2D eigenvalue weighted by atomic mass is 16.1. The Hall–Kier alpha value is -2.16. The second kappa shape index (κ2) is 9.70. The molecule has 2 rings (SSSR count). The zero-order valence-corrected chi connectivity index (χ0v) is 13.1. The first-order chi connectivity index (χ1) is 10.2. The summed E-state index contributed by atoms with van der Waals surface area (Å²) in [7, 11) is 0. The predicted octanol–water partition coefficient (Wildman–Crippen LogP) is 4.55. The first kappa shape index (κ1) is 16.9. The Balaban J connectivity index is 0.00000102. The molecule has 0 aliphatic carbocycles. The number of carbonyl (C=O) groups excluding carboxylic acids is 1. The summed E-state index contributed by atoms with van der Waals surface area (Å²) in [6.45, 7) is 6.97. The number of hydrogen-bond donors (Lipinski definition) is 1. The number of aromatic nitrogens is 1. The van der Waals surface area contributed by atoms with Crippen LogP contribution in [0.3, 0.4) is 0 Å². The molecule has 0 saturated carbocycles. The fourth-order valence-electron chi connectivity index (χ4n) is 1.65. The number of carbonyl (C=O) groups is 1. The van der Waals surface area contributed by atoms with Gasteiger partial charge in [-0.3, -0.25) is 9.78 Å². The highest BCUT2D eigenvalue weighted by Gasteiger charge is 2.05. The van der Waals surface area contributed by atoms with Crippen molar-refractivity contribution in [1.29, 1.82) is 0 Å². The number of nitrogens with one attached hydrogen (secondary N) is 1. The van der Waals surface area contributed by atoms with Gasteiger partial charge in [0.25, 0.3) is 5.91 Å². The maximum absolute atomic E-state index is 11.7. The molecule has 0 aliphatic heterocycles. The molecule has 2 aromatic rings. The van der Waals surface area contributed by atoms with E-state index in [4.69, 9.17) is 0 Å². The van der Waals surface area contributed by atoms with Crippen LogP contribution in [0, 0.1) is 0 Å². The van der Waals surface area contributed by atoms with E-state index >= 15 is 0 Å². The largest absolute Gasteiger partial charge is 0.352 e. The molecule has 0 radical (unpaired) electrons. The van der Waals surface area contributed by atoms with Crippen molar-refractivity contribution in [2.24, 2.45) is 0 Å². The molecular weight excluding hydrogens is 260 g/mol. The molecule has 0 bridgehead atoms. The molecule has 0 unspecified atom stereocenters. The van der Waals surface area contributed by atoms with Crippen molar-refractivity contribution in [3.8, 4) is 11.3 Å². The average molecular weight is 286 g/mol. The van der Waals surface area contributed by atoms with Gasteiger partial charge in [-0.05, 0) is 18.6 Å². The van der Waals surface area contributed by atoms with Crippen LogP contribution in [-0.4, -0.2) is 17.4 Å². The van der Waals surface area contributed by atoms with Crippen molar-refractivity contribution in [3.63, 3.8) is 0 Å². The summed E-state index contributed by atoms with van der Waals surface area (Å²) in [5.74, 6) is -0.0658. The maximum atomic E-state index is 11.7. The summed E-state index contributed by atoms with van der Waals surface area (Å²) in [4.78, 5) is 16.0. The lowest BCUT2D eigenvalue weighted by atomic mass is 10.1. The Labute approximate surface area is 128 Å². The van der Waals surface area contributed by atoms with E-state index in [1.807, 2.05) is 43.3 Å². The van der Waals surface area contributed by atoms with E-state index in [1.54, 1.807) is 12.3 Å². The Morgan fingerprint density at radius 2 is 1.76 bits per heavy atom. The Bertz CT molecular complexity index is 527. The Kier molecular flexibility index (Phi) is 7.80. The third kappa shape index (κ3) is 5.78. The topological polar surface area (TPSA) is 42.0 Å². The summed E-state index contributed by atoms with van der Waals surface area (Å²) < 4.78 is 0. The molecule has 0 aliphatic rings.